The zero-order chi connectivity index (χ0) is 13.9. The van der Waals surface area contributed by atoms with Gasteiger partial charge in [-0.3, -0.25) is 0 Å². The molecule has 0 amide bonds. The van der Waals surface area contributed by atoms with E-state index in [2.05, 4.69) is 37.4 Å². The second kappa shape index (κ2) is 6.17. The summed E-state index contributed by atoms with van der Waals surface area (Å²) in [6.07, 6.45) is 6.34. The van der Waals surface area contributed by atoms with E-state index in [0.29, 0.717) is 0 Å². The van der Waals surface area contributed by atoms with Crippen LogP contribution in [0.25, 0.3) is 0 Å². The van der Waals surface area contributed by atoms with E-state index in [1.54, 1.807) is 0 Å². The molecule has 2 atom stereocenters. The molecule has 1 aliphatic heterocycles. The van der Waals surface area contributed by atoms with E-state index in [4.69, 9.17) is 4.74 Å². The average molecular weight is 273 g/mol. The van der Waals surface area contributed by atoms with Crippen LogP contribution in [0.5, 0.6) is 5.75 Å². The van der Waals surface area contributed by atoms with Crippen LogP contribution in [-0.4, -0.2) is 19.2 Å². The molecule has 2 nitrogen and oxygen atoms in total. The molecule has 1 fully saturated rings. The first kappa shape index (κ1) is 13.9. The molecule has 0 spiro atoms. The van der Waals surface area contributed by atoms with Crippen LogP contribution in [-0.2, 0) is 12.8 Å². The molecule has 110 valence electrons. The Bertz CT molecular complexity index is 453. The van der Waals surface area contributed by atoms with Crippen molar-refractivity contribution in [2.45, 2.75) is 52.0 Å². The molecule has 2 heteroatoms. The summed E-state index contributed by atoms with van der Waals surface area (Å²) in [4.78, 5) is 0. The fourth-order valence-corrected chi connectivity index (χ4v) is 2.92. The number of benzene rings is 1. The summed E-state index contributed by atoms with van der Waals surface area (Å²) < 4.78 is 5.57. The van der Waals surface area contributed by atoms with E-state index in [0.717, 1.165) is 36.7 Å². The van der Waals surface area contributed by atoms with E-state index in [-0.39, 0.29) is 0 Å². The number of nitrogens with one attached hydrogen (secondary N) is 1. The van der Waals surface area contributed by atoms with Crippen molar-refractivity contribution in [1.29, 1.82) is 0 Å². The Morgan fingerprint density at radius 2 is 2.10 bits per heavy atom. The standard InChI is InChI=1S/C18H27NO/c1-13(14(2)12-19-17-6-7-17)3-4-15-5-8-18-16(11-15)9-10-20-18/h5,8,11,13-14,17,19H,3-4,6-7,9-10,12H2,1-2H3. The largest absolute Gasteiger partial charge is 0.493 e. The number of rotatable bonds is 7. The fourth-order valence-electron chi connectivity index (χ4n) is 2.92. The minimum atomic E-state index is 0.772. The Hall–Kier alpha value is -1.02. The van der Waals surface area contributed by atoms with Crippen LogP contribution in [0.2, 0.25) is 0 Å². The Morgan fingerprint density at radius 3 is 2.90 bits per heavy atom. The van der Waals surface area contributed by atoms with Gasteiger partial charge >= 0.3 is 0 Å². The minimum Gasteiger partial charge on any atom is -0.493 e. The van der Waals surface area contributed by atoms with Gasteiger partial charge in [-0.2, -0.15) is 0 Å². The van der Waals surface area contributed by atoms with Crippen LogP contribution in [0.15, 0.2) is 18.2 Å². The van der Waals surface area contributed by atoms with Gasteiger partial charge in [-0.15, -0.1) is 0 Å². The third-order valence-electron chi connectivity index (χ3n) is 4.92. The zero-order valence-electron chi connectivity index (χ0n) is 12.8. The topological polar surface area (TPSA) is 21.3 Å². The highest BCUT2D eigenvalue weighted by Gasteiger charge is 2.22. The van der Waals surface area contributed by atoms with Crippen LogP contribution in [0.3, 0.4) is 0 Å². The molecular weight excluding hydrogens is 246 g/mol. The lowest BCUT2D eigenvalue weighted by Gasteiger charge is -2.20. The van der Waals surface area contributed by atoms with Crippen LogP contribution in [0.1, 0.15) is 44.2 Å². The molecule has 1 heterocycles. The van der Waals surface area contributed by atoms with Gasteiger partial charge < -0.3 is 10.1 Å². The Morgan fingerprint density at radius 1 is 1.25 bits per heavy atom. The van der Waals surface area contributed by atoms with Gasteiger partial charge in [-0.25, -0.2) is 0 Å². The predicted molar refractivity (Wildman–Crippen MR) is 83.3 cm³/mol. The van der Waals surface area contributed by atoms with Gasteiger partial charge in [0.15, 0.2) is 0 Å². The number of aryl methyl sites for hydroxylation is 1. The fraction of sp³-hybridized carbons (Fsp3) is 0.667. The summed E-state index contributed by atoms with van der Waals surface area (Å²) in [5.74, 6) is 2.66. The van der Waals surface area contributed by atoms with Gasteiger partial charge in [0.05, 0.1) is 6.61 Å². The molecule has 0 bridgehead atoms. The number of hydrogen-bond donors (Lipinski definition) is 1. The van der Waals surface area contributed by atoms with Gasteiger partial charge in [0.2, 0.25) is 0 Å². The van der Waals surface area contributed by atoms with Gasteiger partial charge in [0, 0.05) is 12.5 Å². The summed E-state index contributed by atoms with van der Waals surface area (Å²) in [5, 5.41) is 3.65. The normalized spacial score (nSPS) is 20.3. The highest BCUT2D eigenvalue weighted by atomic mass is 16.5. The Balaban J connectivity index is 1.45. The summed E-state index contributed by atoms with van der Waals surface area (Å²) in [5.41, 5.74) is 2.88. The minimum absolute atomic E-state index is 0.772. The Labute approximate surface area is 122 Å². The lowest BCUT2D eigenvalue weighted by molar-refractivity contribution is 0.346. The van der Waals surface area contributed by atoms with E-state index in [9.17, 15) is 0 Å². The highest BCUT2D eigenvalue weighted by molar-refractivity contribution is 5.39. The summed E-state index contributed by atoms with van der Waals surface area (Å²) in [6, 6.07) is 7.58. The van der Waals surface area contributed by atoms with Crippen molar-refractivity contribution >= 4 is 0 Å². The van der Waals surface area contributed by atoms with Crippen molar-refractivity contribution in [2.75, 3.05) is 13.2 Å². The van der Waals surface area contributed by atoms with Gasteiger partial charge in [-0.05, 0) is 61.3 Å². The number of fused-ring (bicyclic) bond motifs is 1. The lowest BCUT2D eigenvalue weighted by atomic mass is 9.89. The van der Waals surface area contributed by atoms with Gasteiger partial charge in [0.25, 0.3) is 0 Å². The van der Waals surface area contributed by atoms with Gasteiger partial charge in [-0.1, -0.05) is 26.0 Å². The maximum Gasteiger partial charge on any atom is 0.122 e. The number of hydrogen-bond acceptors (Lipinski definition) is 2. The molecule has 20 heavy (non-hydrogen) atoms. The van der Waals surface area contributed by atoms with Crippen molar-refractivity contribution in [1.82, 2.24) is 5.32 Å². The smallest absolute Gasteiger partial charge is 0.122 e. The summed E-state index contributed by atoms with van der Waals surface area (Å²) >= 11 is 0. The molecule has 3 rings (SSSR count). The lowest BCUT2D eigenvalue weighted by Crippen LogP contribution is -2.27. The SMILES string of the molecule is CC(CCc1ccc2c(c1)CCO2)C(C)CNC1CC1. The van der Waals surface area contributed by atoms with Crippen LogP contribution >= 0.6 is 0 Å². The first-order valence-corrected chi connectivity index (χ1v) is 8.20. The second-order valence-electron chi connectivity index (χ2n) is 6.72. The molecule has 1 aromatic rings. The zero-order valence-corrected chi connectivity index (χ0v) is 12.8. The maximum atomic E-state index is 5.57. The summed E-state index contributed by atoms with van der Waals surface area (Å²) in [7, 11) is 0. The van der Waals surface area contributed by atoms with Crippen LogP contribution < -0.4 is 10.1 Å². The monoisotopic (exact) mass is 273 g/mol. The van der Waals surface area contributed by atoms with E-state index in [1.165, 1.54) is 43.4 Å². The number of ether oxygens (including phenoxy) is 1. The second-order valence-corrected chi connectivity index (χ2v) is 6.72. The summed E-state index contributed by atoms with van der Waals surface area (Å²) in [6.45, 7) is 6.83. The maximum absolute atomic E-state index is 5.57. The molecule has 2 unspecified atom stereocenters. The first-order valence-electron chi connectivity index (χ1n) is 8.20. The van der Waals surface area contributed by atoms with E-state index < -0.39 is 0 Å². The molecule has 1 aromatic carbocycles. The van der Waals surface area contributed by atoms with Crippen molar-refractivity contribution in [2.24, 2.45) is 11.8 Å². The van der Waals surface area contributed by atoms with Gasteiger partial charge in [0.1, 0.15) is 5.75 Å². The molecule has 0 saturated heterocycles. The highest BCUT2D eigenvalue weighted by Crippen LogP contribution is 2.27. The third kappa shape index (κ3) is 3.54. The molecule has 1 saturated carbocycles. The van der Waals surface area contributed by atoms with Crippen LogP contribution in [0.4, 0.5) is 0 Å². The Kier molecular flexibility index (Phi) is 4.30. The molecule has 0 radical (unpaired) electrons. The van der Waals surface area contributed by atoms with E-state index >= 15 is 0 Å². The first-order chi connectivity index (χ1) is 9.72. The third-order valence-corrected chi connectivity index (χ3v) is 4.92. The molecule has 1 aliphatic carbocycles. The molecule has 2 aliphatic rings. The molecule has 0 aromatic heterocycles. The van der Waals surface area contributed by atoms with E-state index in [1.807, 2.05) is 0 Å². The van der Waals surface area contributed by atoms with Crippen molar-refractivity contribution < 1.29 is 4.74 Å². The van der Waals surface area contributed by atoms with Crippen molar-refractivity contribution in [3.63, 3.8) is 0 Å². The van der Waals surface area contributed by atoms with Crippen LogP contribution in [0, 0.1) is 11.8 Å². The quantitative estimate of drug-likeness (QED) is 0.820. The van der Waals surface area contributed by atoms with Crippen molar-refractivity contribution in [3.05, 3.63) is 29.3 Å². The molecule has 1 N–H and O–H groups in total. The van der Waals surface area contributed by atoms with Crippen molar-refractivity contribution in [3.8, 4) is 5.75 Å². The average Bonchev–Trinajstić information content (AvgIpc) is 3.18. The predicted octanol–water partition coefficient (Wildman–Crippen LogP) is 3.58. The molecular formula is C18H27NO.